The molecule has 0 spiro atoms. The molecule has 2 aromatic rings. The SMILES string of the molecule is CN=C(NCc1cccc(S(N)(=O)=O)c1)NCC(c1ccc(OC)cc1)N1CCCC1.I. The summed E-state index contributed by atoms with van der Waals surface area (Å²) in [5.41, 5.74) is 2.03. The third kappa shape index (κ3) is 7.32. The zero-order chi connectivity index (χ0) is 22.3. The highest BCUT2D eigenvalue weighted by Crippen LogP contribution is 2.26. The van der Waals surface area contributed by atoms with Gasteiger partial charge in [0.1, 0.15) is 5.75 Å². The van der Waals surface area contributed by atoms with Gasteiger partial charge in [0.2, 0.25) is 10.0 Å². The molecule has 32 heavy (non-hydrogen) atoms. The zero-order valence-corrected chi connectivity index (χ0v) is 21.6. The third-order valence-corrected chi connectivity index (χ3v) is 6.37. The Morgan fingerprint density at radius 1 is 1.16 bits per heavy atom. The molecule has 0 radical (unpaired) electrons. The predicted octanol–water partition coefficient (Wildman–Crippen LogP) is 2.46. The number of ether oxygens (including phenoxy) is 1. The van der Waals surface area contributed by atoms with Crippen molar-refractivity contribution < 1.29 is 13.2 Å². The monoisotopic (exact) mass is 573 g/mol. The van der Waals surface area contributed by atoms with Crippen molar-refractivity contribution in [3.63, 3.8) is 0 Å². The summed E-state index contributed by atoms with van der Waals surface area (Å²) in [6.07, 6.45) is 2.42. The third-order valence-electron chi connectivity index (χ3n) is 5.46. The molecule has 0 aliphatic carbocycles. The topological polar surface area (TPSA) is 109 Å². The van der Waals surface area contributed by atoms with Gasteiger partial charge in [0.25, 0.3) is 0 Å². The Hall–Kier alpha value is -1.89. The smallest absolute Gasteiger partial charge is 0.238 e. The number of nitrogens with zero attached hydrogens (tertiary/aromatic N) is 2. The molecule has 176 valence electrons. The van der Waals surface area contributed by atoms with Crippen LogP contribution in [-0.2, 0) is 16.6 Å². The van der Waals surface area contributed by atoms with Crippen LogP contribution in [0, 0.1) is 0 Å². The quantitative estimate of drug-likeness (QED) is 0.255. The minimum Gasteiger partial charge on any atom is -0.497 e. The Morgan fingerprint density at radius 3 is 2.44 bits per heavy atom. The fraction of sp³-hybridized carbons (Fsp3) is 0.409. The van der Waals surface area contributed by atoms with Crippen LogP contribution in [0.3, 0.4) is 0 Å². The van der Waals surface area contributed by atoms with Crippen LogP contribution in [0.1, 0.15) is 30.0 Å². The standard InChI is InChI=1S/C22H31N5O3S.HI/c1-24-22(25-15-17-6-5-7-20(14-17)31(23,28)29)26-16-21(27-12-3-4-13-27)18-8-10-19(30-2)11-9-18;/h5-11,14,21H,3-4,12-13,15-16H2,1-2H3,(H2,23,28,29)(H2,24,25,26);1H. The van der Waals surface area contributed by atoms with Gasteiger partial charge in [-0.2, -0.15) is 0 Å². The lowest BCUT2D eigenvalue weighted by atomic mass is 10.1. The lowest BCUT2D eigenvalue weighted by Crippen LogP contribution is -2.42. The Morgan fingerprint density at radius 2 is 1.84 bits per heavy atom. The van der Waals surface area contributed by atoms with Crippen LogP contribution >= 0.6 is 24.0 Å². The Kier molecular flexibility index (Phi) is 10.2. The molecule has 1 heterocycles. The highest BCUT2D eigenvalue weighted by atomic mass is 127. The van der Waals surface area contributed by atoms with Gasteiger partial charge in [-0.15, -0.1) is 24.0 Å². The maximum Gasteiger partial charge on any atom is 0.238 e. The first-order valence-electron chi connectivity index (χ1n) is 10.3. The first-order valence-corrected chi connectivity index (χ1v) is 11.9. The molecule has 2 aromatic carbocycles. The molecule has 1 fully saturated rings. The van der Waals surface area contributed by atoms with Gasteiger partial charge in [-0.3, -0.25) is 9.89 Å². The van der Waals surface area contributed by atoms with Crippen molar-refractivity contribution in [1.29, 1.82) is 0 Å². The molecular weight excluding hydrogens is 541 g/mol. The fourth-order valence-electron chi connectivity index (χ4n) is 3.77. The number of sulfonamides is 1. The van der Waals surface area contributed by atoms with E-state index in [1.165, 1.54) is 24.5 Å². The molecule has 0 saturated carbocycles. The summed E-state index contributed by atoms with van der Waals surface area (Å²) in [5, 5.41) is 11.9. The summed E-state index contributed by atoms with van der Waals surface area (Å²) < 4.78 is 28.4. The van der Waals surface area contributed by atoms with E-state index < -0.39 is 10.0 Å². The first kappa shape index (κ1) is 26.4. The fourth-order valence-corrected chi connectivity index (χ4v) is 4.35. The van der Waals surface area contributed by atoms with E-state index in [0.717, 1.165) is 24.4 Å². The van der Waals surface area contributed by atoms with Crippen molar-refractivity contribution in [2.45, 2.75) is 30.3 Å². The van der Waals surface area contributed by atoms with E-state index in [9.17, 15) is 8.42 Å². The second-order valence-corrected chi connectivity index (χ2v) is 9.09. The number of rotatable bonds is 8. The molecule has 1 unspecified atom stereocenters. The van der Waals surface area contributed by atoms with E-state index in [2.05, 4.69) is 32.7 Å². The highest BCUT2D eigenvalue weighted by Gasteiger charge is 2.23. The first-order chi connectivity index (χ1) is 14.9. The Bertz CT molecular complexity index is 993. The highest BCUT2D eigenvalue weighted by molar-refractivity contribution is 14.0. The summed E-state index contributed by atoms with van der Waals surface area (Å²) in [6, 6.07) is 15.0. The molecule has 0 amide bonds. The number of hydrogen-bond donors (Lipinski definition) is 3. The molecule has 1 atom stereocenters. The van der Waals surface area contributed by atoms with Crippen LogP contribution in [0.5, 0.6) is 5.75 Å². The van der Waals surface area contributed by atoms with Gasteiger partial charge in [0, 0.05) is 20.1 Å². The molecule has 0 aromatic heterocycles. The van der Waals surface area contributed by atoms with Crippen LogP contribution in [0.15, 0.2) is 58.4 Å². The van der Waals surface area contributed by atoms with Gasteiger partial charge in [-0.1, -0.05) is 24.3 Å². The second kappa shape index (κ2) is 12.4. The van der Waals surface area contributed by atoms with Crippen LogP contribution in [0.2, 0.25) is 0 Å². The van der Waals surface area contributed by atoms with E-state index in [0.29, 0.717) is 19.0 Å². The van der Waals surface area contributed by atoms with Gasteiger partial charge < -0.3 is 15.4 Å². The van der Waals surface area contributed by atoms with E-state index in [-0.39, 0.29) is 34.9 Å². The van der Waals surface area contributed by atoms with Crippen LogP contribution in [0.4, 0.5) is 0 Å². The normalized spacial score (nSPS) is 15.7. The van der Waals surface area contributed by atoms with E-state index >= 15 is 0 Å². The number of halogens is 1. The molecular formula is C22H32IN5O3S. The Labute approximate surface area is 207 Å². The van der Waals surface area contributed by atoms with E-state index in [4.69, 9.17) is 9.88 Å². The number of methoxy groups -OCH3 is 1. The van der Waals surface area contributed by atoms with Crippen LogP contribution in [-0.4, -0.2) is 53.1 Å². The average Bonchev–Trinajstić information content (AvgIpc) is 3.30. The predicted molar refractivity (Wildman–Crippen MR) is 138 cm³/mol. The molecule has 10 heteroatoms. The number of aliphatic imine (C=N–C) groups is 1. The van der Waals surface area contributed by atoms with Gasteiger partial charge in [0.05, 0.1) is 18.0 Å². The molecule has 1 aliphatic heterocycles. The number of nitrogens with one attached hydrogen (secondary N) is 2. The number of nitrogens with two attached hydrogens (primary N) is 1. The minimum atomic E-state index is -3.72. The average molecular weight is 574 g/mol. The van der Waals surface area contributed by atoms with Crippen LogP contribution in [0.25, 0.3) is 0 Å². The molecule has 3 rings (SSSR count). The summed E-state index contributed by atoms with van der Waals surface area (Å²) in [5.74, 6) is 1.50. The number of hydrogen-bond acceptors (Lipinski definition) is 5. The van der Waals surface area contributed by atoms with Crippen molar-refractivity contribution >= 4 is 40.0 Å². The minimum absolute atomic E-state index is 0. The number of guanidine groups is 1. The van der Waals surface area contributed by atoms with Crippen molar-refractivity contribution in [3.05, 3.63) is 59.7 Å². The van der Waals surface area contributed by atoms with Crippen molar-refractivity contribution in [3.8, 4) is 5.75 Å². The molecule has 1 saturated heterocycles. The van der Waals surface area contributed by atoms with E-state index in [1.54, 1.807) is 26.3 Å². The van der Waals surface area contributed by atoms with E-state index in [1.807, 2.05) is 18.2 Å². The lowest BCUT2D eigenvalue weighted by molar-refractivity contribution is 0.245. The lowest BCUT2D eigenvalue weighted by Gasteiger charge is -2.29. The molecule has 4 N–H and O–H groups in total. The summed E-state index contributed by atoms with van der Waals surface area (Å²) in [7, 11) is -0.338. The summed E-state index contributed by atoms with van der Waals surface area (Å²) in [6.45, 7) is 3.28. The number of primary sulfonamides is 1. The van der Waals surface area contributed by atoms with Gasteiger partial charge in [0.15, 0.2) is 5.96 Å². The molecule has 8 nitrogen and oxygen atoms in total. The summed E-state index contributed by atoms with van der Waals surface area (Å²) in [4.78, 5) is 6.89. The second-order valence-electron chi connectivity index (χ2n) is 7.53. The van der Waals surface area contributed by atoms with Crippen LogP contribution < -0.4 is 20.5 Å². The number of benzene rings is 2. The largest absolute Gasteiger partial charge is 0.497 e. The Balaban J connectivity index is 0.00000363. The maximum absolute atomic E-state index is 11.6. The van der Waals surface area contributed by atoms with Gasteiger partial charge >= 0.3 is 0 Å². The molecule has 0 bridgehead atoms. The molecule has 1 aliphatic rings. The zero-order valence-electron chi connectivity index (χ0n) is 18.5. The maximum atomic E-state index is 11.6. The summed E-state index contributed by atoms with van der Waals surface area (Å²) >= 11 is 0. The van der Waals surface area contributed by atoms with Gasteiger partial charge in [-0.05, 0) is 61.3 Å². The van der Waals surface area contributed by atoms with Crippen molar-refractivity contribution in [2.24, 2.45) is 10.1 Å². The van der Waals surface area contributed by atoms with Crippen molar-refractivity contribution in [2.75, 3.05) is 33.8 Å². The van der Waals surface area contributed by atoms with Crippen molar-refractivity contribution in [1.82, 2.24) is 15.5 Å². The number of likely N-dealkylation sites (tertiary alicyclic amines) is 1. The van der Waals surface area contributed by atoms with Gasteiger partial charge in [-0.25, -0.2) is 13.6 Å².